The fourth-order valence-electron chi connectivity index (χ4n) is 3.23. The molecule has 11 heteroatoms. The van der Waals surface area contributed by atoms with Crippen LogP contribution in [0.2, 0.25) is 0 Å². The minimum absolute atomic E-state index is 0.339. The molecule has 1 aromatic heterocycles. The molecule has 0 radical (unpaired) electrons. The lowest BCUT2D eigenvalue weighted by Gasteiger charge is -2.27. The van der Waals surface area contributed by atoms with Crippen LogP contribution in [0.1, 0.15) is 11.1 Å². The third-order valence-corrected chi connectivity index (χ3v) is 5.87. The minimum atomic E-state index is 0.339. The number of methoxy groups -OCH3 is 1. The van der Waals surface area contributed by atoms with Crippen molar-refractivity contribution in [3.63, 3.8) is 0 Å². The van der Waals surface area contributed by atoms with Crippen molar-refractivity contribution >= 4 is 55.9 Å². The lowest BCUT2D eigenvalue weighted by Crippen LogP contribution is -2.37. The molecule has 0 bridgehead atoms. The van der Waals surface area contributed by atoms with Gasteiger partial charge < -0.3 is 19.7 Å². The SMILES string of the molecule is COc1c(Br)cc(Br)cc1C=NNc1nc(NCc2ccccc2)nc(N2CCOCC2)n1. The summed E-state index contributed by atoms with van der Waals surface area (Å²) in [7, 11) is 1.62. The van der Waals surface area contributed by atoms with Crippen LogP contribution in [0.3, 0.4) is 0 Å². The molecule has 2 heterocycles. The molecule has 1 aliphatic heterocycles. The molecule has 2 aromatic carbocycles. The van der Waals surface area contributed by atoms with Crippen molar-refractivity contribution in [2.75, 3.05) is 49.1 Å². The Labute approximate surface area is 208 Å². The van der Waals surface area contributed by atoms with Crippen LogP contribution in [0.5, 0.6) is 5.75 Å². The van der Waals surface area contributed by atoms with Crippen molar-refractivity contribution in [3.8, 4) is 5.75 Å². The molecule has 0 unspecified atom stereocenters. The molecule has 9 nitrogen and oxygen atoms in total. The lowest BCUT2D eigenvalue weighted by atomic mass is 10.2. The topological polar surface area (TPSA) is 96.8 Å². The standard InChI is InChI=1S/C22H23Br2N7O2/c1-32-19-16(11-17(23)12-18(19)24)14-26-30-21-27-20(25-13-15-5-3-2-4-6-15)28-22(29-21)31-7-9-33-10-8-31/h2-6,11-12,14H,7-10,13H2,1H3,(H2,25,27,28,29,30). The number of rotatable bonds is 8. The van der Waals surface area contributed by atoms with Crippen molar-refractivity contribution in [3.05, 3.63) is 62.5 Å². The molecule has 33 heavy (non-hydrogen) atoms. The highest BCUT2D eigenvalue weighted by atomic mass is 79.9. The largest absolute Gasteiger partial charge is 0.495 e. The Kier molecular flexibility index (Phi) is 8.08. The van der Waals surface area contributed by atoms with E-state index in [4.69, 9.17) is 9.47 Å². The van der Waals surface area contributed by atoms with Crippen LogP contribution in [0.25, 0.3) is 0 Å². The Bertz CT molecular complexity index is 1110. The lowest BCUT2D eigenvalue weighted by molar-refractivity contribution is 0.122. The molecule has 0 spiro atoms. The second-order valence-electron chi connectivity index (χ2n) is 7.10. The van der Waals surface area contributed by atoms with E-state index in [0.29, 0.717) is 56.4 Å². The number of hydrazone groups is 1. The van der Waals surface area contributed by atoms with E-state index >= 15 is 0 Å². The van der Waals surface area contributed by atoms with Crippen LogP contribution < -0.4 is 20.4 Å². The Hall–Kier alpha value is -2.76. The average molecular weight is 577 g/mol. The smallest absolute Gasteiger partial charge is 0.250 e. The van der Waals surface area contributed by atoms with Gasteiger partial charge in [0.25, 0.3) is 0 Å². The summed E-state index contributed by atoms with van der Waals surface area (Å²) in [5.74, 6) is 2.06. The molecule has 172 valence electrons. The van der Waals surface area contributed by atoms with E-state index in [1.54, 1.807) is 13.3 Å². The van der Waals surface area contributed by atoms with Gasteiger partial charge in [-0.1, -0.05) is 46.3 Å². The van der Waals surface area contributed by atoms with E-state index in [2.05, 4.69) is 67.6 Å². The molecule has 2 N–H and O–H groups in total. The van der Waals surface area contributed by atoms with Gasteiger partial charge in [-0.25, -0.2) is 5.43 Å². The van der Waals surface area contributed by atoms with E-state index in [1.807, 2.05) is 42.5 Å². The third-order valence-electron chi connectivity index (χ3n) is 4.82. The molecule has 1 saturated heterocycles. The zero-order chi connectivity index (χ0) is 23.0. The summed E-state index contributed by atoms with van der Waals surface area (Å²) in [4.78, 5) is 15.7. The van der Waals surface area contributed by atoms with Crippen molar-refractivity contribution in [1.82, 2.24) is 15.0 Å². The first-order valence-electron chi connectivity index (χ1n) is 10.3. The van der Waals surface area contributed by atoms with Gasteiger partial charge in [-0.3, -0.25) is 0 Å². The maximum atomic E-state index is 5.47. The summed E-state index contributed by atoms with van der Waals surface area (Å²) >= 11 is 6.99. The van der Waals surface area contributed by atoms with Gasteiger partial charge in [0.05, 0.1) is 31.0 Å². The maximum Gasteiger partial charge on any atom is 0.250 e. The van der Waals surface area contributed by atoms with Gasteiger partial charge in [0.2, 0.25) is 17.8 Å². The number of benzene rings is 2. The summed E-state index contributed by atoms with van der Waals surface area (Å²) in [5, 5.41) is 7.61. The molecule has 0 saturated carbocycles. The number of anilines is 3. The van der Waals surface area contributed by atoms with Crippen molar-refractivity contribution in [1.29, 1.82) is 0 Å². The van der Waals surface area contributed by atoms with E-state index in [9.17, 15) is 0 Å². The van der Waals surface area contributed by atoms with E-state index in [1.165, 1.54) is 0 Å². The summed E-state index contributed by atoms with van der Waals surface area (Å²) in [5.41, 5.74) is 4.84. The van der Waals surface area contributed by atoms with Crippen LogP contribution in [0.15, 0.2) is 56.5 Å². The molecule has 0 amide bonds. The Morgan fingerprint density at radius 3 is 2.61 bits per heavy atom. The highest BCUT2D eigenvalue weighted by molar-refractivity contribution is 9.11. The highest BCUT2D eigenvalue weighted by Gasteiger charge is 2.16. The van der Waals surface area contributed by atoms with Gasteiger partial charge in [0.1, 0.15) is 5.75 Å². The normalized spacial score (nSPS) is 13.8. The van der Waals surface area contributed by atoms with Crippen molar-refractivity contribution in [2.24, 2.45) is 5.10 Å². The molecule has 1 aliphatic rings. The highest BCUT2D eigenvalue weighted by Crippen LogP contribution is 2.31. The van der Waals surface area contributed by atoms with Gasteiger partial charge in [0.15, 0.2) is 0 Å². The zero-order valence-corrected chi connectivity index (χ0v) is 21.1. The number of morpholine rings is 1. The number of nitrogens with one attached hydrogen (secondary N) is 2. The Morgan fingerprint density at radius 1 is 1.09 bits per heavy atom. The first-order valence-corrected chi connectivity index (χ1v) is 11.9. The van der Waals surface area contributed by atoms with Gasteiger partial charge >= 0.3 is 0 Å². The average Bonchev–Trinajstić information content (AvgIpc) is 2.84. The summed E-state index contributed by atoms with van der Waals surface area (Å²) in [6.07, 6.45) is 1.66. The molecule has 0 atom stereocenters. The van der Waals surface area contributed by atoms with Crippen LogP contribution in [0, 0.1) is 0 Å². The first kappa shape index (κ1) is 23.4. The Balaban J connectivity index is 1.55. The predicted octanol–water partition coefficient (Wildman–Crippen LogP) is 4.30. The van der Waals surface area contributed by atoms with Crippen molar-refractivity contribution < 1.29 is 9.47 Å². The number of ether oxygens (including phenoxy) is 2. The third kappa shape index (κ3) is 6.40. The van der Waals surface area contributed by atoms with E-state index in [-0.39, 0.29) is 0 Å². The monoisotopic (exact) mass is 575 g/mol. The zero-order valence-electron chi connectivity index (χ0n) is 18.0. The minimum Gasteiger partial charge on any atom is -0.495 e. The van der Waals surface area contributed by atoms with Gasteiger partial charge in [-0.05, 0) is 33.6 Å². The number of aromatic nitrogens is 3. The molecule has 0 aliphatic carbocycles. The Morgan fingerprint density at radius 2 is 1.85 bits per heavy atom. The molecule has 1 fully saturated rings. The second kappa shape index (κ2) is 11.4. The quantitative estimate of drug-likeness (QED) is 0.303. The van der Waals surface area contributed by atoms with Gasteiger partial charge in [-0.15, -0.1) is 0 Å². The molecule has 4 rings (SSSR count). The van der Waals surface area contributed by atoms with Crippen LogP contribution in [-0.2, 0) is 11.3 Å². The van der Waals surface area contributed by atoms with Crippen LogP contribution >= 0.6 is 31.9 Å². The molecule has 3 aromatic rings. The maximum absolute atomic E-state index is 5.47. The second-order valence-corrected chi connectivity index (χ2v) is 8.87. The van der Waals surface area contributed by atoms with E-state index in [0.717, 1.165) is 20.1 Å². The van der Waals surface area contributed by atoms with Gasteiger partial charge in [0, 0.05) is 29.7 Å². The number of halogens is 2. The van der Waals surface area contributed by atoms with Crippen LogP contribution in [0.4, 0.5) is 17.8 Å². The number of hydrogen-bond acceptors (Lipinski definition) is 9. The summed E-state index contributed by atoms with van der Waals surface area (Å²) < 4.78 is 12.6. The fraction of sp³-hybridized carbons (Fsp3) is 0.273. The summed E-state index contributed by atoms with van der Waals surface area (Å²) in [6, 6.07) is 13.9. The van der Waals surface area contributed by atoms with E-state index < -0.39 is 0 Å². The number of nitrogens with zero attached hydrogens (tertiary/aromatic N) is 5. The molecular weight excluding hydrogens is 554 g/mol. The molecular formula is C22H23Br2N7O2. The summed E-state index contributed by atoms with van der Waals surface area (Å²) in [6.45, 7) is 3.30. The first-order chi connectivity index (χ1) is 16.1. The number of hydrogen-bond donors (Lipinski definition) is 2. The van der Waals surface area contributed by atoms with Gasteiger partial charge in [-0.2, -0.15) is 20.1 Å². The fourth-order valence-corrected chi connectivity index (χ4v) is 4.65. The predicted molar refractivity (Wildman–Crippen MR) is 136 cm³/mol. The van der Waals surface area contributed by atoms with Crippen molar-refractivity contribution in [2.45, 2.75) is 6.54 Å². The van der Waals surface area contributed by atoms with Crippen LogP contribution in [-0.4, -0.2) is 54.6 Å².